The smallest absolute Gasteiger partial charge is 0.295 e. The molecule has 1 amide bonds. The Labute approximate surface area is 158 Å². The van der Waals surface area contributed by atoms with Crippen molar-refractivity contribution in [2.75, 3.05) is 4.90 Å². The molecule has 3 rings (SSSR count). The number of amides is 1. The largest absolute Gasteiger partial charge is 0.508 e. The van der Waals surface area contributed by atoms with Gasteiger partial charge in [0.25, 0.3) is 5.91 Å². The first-order chi connectivity index (χ1) is 12.3. The van der Waals surface area contributed by atoms with Gasteiger partial charge in [0, 0.05) is 5.02 Å². The molecule has 0 radical (unpaired) electrons. The van der Waals surface area contributed by atoms with Gasteiger partial charge in [-0.05, 0) is 60.7 Å². The molecule has 0 unspecified atom stereocenters. The zero-order valence-corrected chi connectivity index (χ0v) is 16.0. The second-order valence-corrected chi connectivity index (χ2v) is 7.11. The minimum atomic E-state index is -0.305. The van der Waals surface area contributed by atoms with Gasteiger partial charge in [0.15, 0.2) is 0 Å². The maximum Gasteiger partial charge on any atom is 0.295 e. The molecule has 0 fully saturated rings. The number of benzene rings is 2. The lowest BCUT2D eigenvalue weighted by molar-refractivity contribution is -0.113. The lowest BCUT2D eigenvalue weighted by Crippen LogP contribution is -2.25. The van der Waals surface area contributed by atoms with Gasteiger partial charge in [-0.25, -0.2) is 0 Å². The van der Waals surface area contributed by atoms with Crippen LogP contribution < -0.4 is 4.90 Å². The molecule has 1 heterocycles. The zero-order valence-electron chi connectivity index (χ0n) is 15.2. The zero-order chi connectivity index (χ0) is 19.0. The van der Waals surface area contributed by atoms with Crippen LogP contribution in [-0.4, -0.2) is 16.8 Å². The monoisotopic (exact) mass is 368 g/mol. The van der Waals surface area contributed by atoms with Gasteiger partial charge in [-0.3, -0.25) is 9.69 Å². The van der Waals surface area contributed by atoms with Crippen LogP contribution in [0.2, 0.25) is 5.02 Å². The average molecular weight is 369 g/mol. The van der Waals surface area contributed by atoms with Crippen molar-refractivity contribution in [3.8, 4) is 5.75 Å². The molecule has 4 nitrogen and oxygen atoms in total. The van der Waals surface area contributed by atoms with Crippen LogP contribution >= 0.6 is 11.6 Å². The van der Waals surface area contributed by atoms with E-state index < -0.39 is 0 Å². The number of hydrogen-bond donors (Lipinski definition) is 1. The van der Waals surface area contributed by atoms with Crippen LogP contribution in [0, 0.1) is 6.92 Å². The summed E-state index contributed by atoms with van der Waals surface area (Å²) in [6, 6.07) is 11.0. The molecule has 2 aromatic carbocycles. The quantitative estimate of drug-likeness (QED) is 0.749. The highest BCUT2D eigenvalue weighted by Gasteiger charge is 2.30. The number of phenols is 1. The van der Waals surface area contributed by atoms with Crippen LogP contribution in [0.25, 0.3) is 6.08 Å². The topological polar surface area (TPSA) is 52.9 Å². The third-order valence-electron chi connectivity index (χ3n) is 4.45. The Hall–Kier alpha value is -2.59. The fraction of sp³-hybridized carbons (Fsp3) is 0.238. The van der Waals surface area contributed by atoms with Gasteiger partial charge < -0.3 is 5.11 Å². The summed E-state index contributed by atoms with van der Waals surface area (Å²) in [6.07, 6.45) is 1.76. The summed E-state index contributed by atoms with van der Waals surface area (Å²) in [5, 5.41) is 10.8. The molecule has 1 aliphatic heterocycles. The van der Waals surface area contributed by atoms with Gasteiger partial charge in [-0.1, -0.05) is 43.6 Å². The Bertz CT molecular complexity index is 945. The van der Waals surface area contributed by atoms with Gasteiger partial charge in [-0.15, -0.1) is 0 Å². The predicted octanol–water partition coefficient (Wildman–Crippen LogP) is 5.28. The van der Waals surface area contributed by atoms with Crippen molar-refractivity contribution in [1.82, 2.24) is 0 Å². The third kappa shape index (κ3) is 3.25. The number of halogens is 1. The lowest BCUT2D eigenvalue weighted by atomic mass is 9.98. The van der Waals surface area contributed by atoms with Crippen molar-refractivity contribution >= 4 is 35.1 Å². The standard InChI is InChI=1S/C21H21ClN2O2/c1-12(2)16-11-18(13(3)9-20(16)25)24-14(4)23-21(26)19(24)10-15-7-5-6-8-17(15)22/h5-12,25H,1-4H3/b19-10+. The molecule has 2 aromatic rings. The molecule has 0 atom stereocenters. The average Bonchev–Trinajstić information content (AvgIpc) is 2.83. The number of nitrogens with zero attached hydrogens (tertiary/aromatic N) is 2. The molecule has 0 saturated carbocycles. The summed E-state index contributed by atoms with van der Waals surface area (Å²) in [6.45, 7) is 7.74. The van der Waals surface area contributed by atoms with Crippen LogP contribution in [0.15, 0.2) is 47.1 Å². The van der Waals surface area contributed by atoms with E-state index in [0.717, 1.165) is 22.4 Å². The number of hydrogen-bond acceptors (Lipinski definition) is 3. The van der Waals surface area contributed by atoms with E-state index in [0.29, 0.717) is 16.6 Å². The van der Waals surface area contributed by atoms with Crippen LogP contribution in [0.4, 0.5) is 5.69 Å². The Morgan fingerprint density at radius 1 is 1.19 bits per heavy atom. The Balaban J connectivity index is 2.16. The summed E-state index contributed by atoms with van der Waals surface area (Å²) >= 11 is 6.25. The van der Waals surface area contributed by atoms with E-state index in [1.807, 2.05) is 49.9 Å². The number of aromatic hydroxyl groups is 1. The van der Waals surface area contributed by atoms with E-state index >= 15 is 0 Å². The molecule has 134 valence electrons. The highest BCUT2D eigenvalue weighted by molar-refractivity contribution is 6.32. The van der Waals surface area contributed by atoms with Crippen LogP contribution in [0.5, 0.6) is 5.75 Å². The van der Waals surface area contributed by atoms with Gasteiger partial charge in [-0.2, -0.15) is 4.99 Å². The number of aryl methyl sites for hydroxylation is 1. The van der Waals surface area contributed by atoms with Crippen molar-refractivity contribution in [2.24, 2.45) is 4.99 Å². The first kappa shape index (κ1) is 18.2. The van der Waals surface area contributed by atoms with E-state index in [-0.39, 0.29) is 17.6 Å². The predicted molar refractivity (Wildman–Crippen MR) is 107 cm³/mol. The highest BCUT2D eigenvalue weighted by atomic mass is 35.5. The molecule has 1 N–H and O–H groups in total. The van der Waals surface area contributed by atoms with E-state index in [4.69, 9.17) is 11.6 Å². The SMILES string of the molecule is CC1=NC(=O)/C(=C\c2ccccc2Cl)N1c1cc(C(C)C)c(O)cc1C. The fourth-order valence-electron chi connectivity index (χ4n) is 3.09. The number of rotatable bonds is 3. The Morgan fingerprint density at radius 3 is 2.54 bits per heavy atom. The van der Waals surface area contributed by atoms with Gasteiger partial charge in [0.2, 0.25) is 0 Å². The number of anilines is 1. The number of aliphatic imine (C=N–C) groups is 1. The van der Waals surface area contributed by atoms with Crippen LogP contribution in [-0.2, 0) is 4.79 Å². The highest BCUT2D eigenvalue weighted by Crippen LogP contribution is 2.37. The number of carbonyl (C=O) groups is 1. The second kappa shape index (κ2) is 6.96. The second-order valence-electron chi connectivity index (χ2n) is 6.70. The molecule has 0 saturated heterocycles. The number of carbonyl (C=O) groups excluding carboxylic acids is 1. The first-order valence-corrected chi connectivity index (χ1v) is 8.87. The van der Waals surface area contributed by atoms with Crippen molar-refractivity contribution < 1.29 is 9.90 Å². The van der Waals surface area contributed by atoms with E-state index in [2.05, 4.69) is 4.99 Å². The van der Waals surface area contributed by atoms with Gasteiger partial charge in [0.05, 0.1) is 5.69 Å². The molecular formula is C21H21ClN2O2. The summed E-state index contributed by atoms with van der Waals surface area (Å²) in [7, 11) is 0. The summed E-state index contributed by atoms with van der Waals surface area (Å²) in [5.74, 6) is 0.705. The summed E-state index contributed by atoms with van der Waals surface area (Å²) in [5.41, 5.74) is 3.72. The fourth-order valence-corrected chi connectivity index (χ4v) is 3.29. The Kier molecular flexibility index (Phi) is 4.88. The molecule has 0 bridgehead atoms. The normalized spacial score (nSPS) is 15.9. The molecule has 0 spiro atoms. The van der Waals surface area contributed by atoms with E-state index in [1.54, 1.807) is 25.1 Å². The van der Waals surface area contributed by atoms with Crippen LogP contribution in [0.3, 0.4) is 0 Å². The first-order valence-electron chi connectivity index (χ1n) is 8.49. The van der Waals surface area contributed by atoms with E-state index in [1.165, 1.54) is 0 Å². The van der Waals surface area contributed by atoms with E-state index in [9.17, 15) is 9.90 Å². The Morgan fingerprint density at radius 2 is 1.88 bits per heavy atom. The van der Waals surface area contributed by atoms with Gasteiger partial charge in [0.1, 0.15) is 17.3 Å². The molecule has 0 aromatic heterocycles. The summed E-state index contributed by atoms with van der Waals surface area (Å²) < 4.78 is 0. The molecule has 1 aliphatic rings. The third-order valence-corrected chi connectivity index (χ3v) is 4.80. The van der Waals surface area contributed by atoms with Crippen molar-refractivity contribution in [3.05, 3.63) is 63.8 Å². The maximum atomic E-state index is 12.5. The van der Waals surface area contributed by atoms with Crippen LogP contribution in [0.1, 0.15) is 43.4 Å². The lowest BCUT2D eigenvalue weighted by Gasteiger charge is -2.24. The van der Waals surface area contributed by atoms with Gasteiger partial charge >= 0.3 is 0 Å². The maximum absolute atomic E-state index is 12.5. The van der Waals surface area contributed by atoms with Crippen molar-refractivity contribution in [2.45, 2.75) is 33.6 Å². The molecule has 5 heteroatoms. The minimum absolute atomic E-state index is 0.154. The number of phenolic OH excluding ortho intramolecular Hbond substituents is 1. The minimum Gasteiger partial charge on any atom is -0.508 e. The molecule has 26 heavy (non-hydrogen) atoms. The summed E-state index contributed by atoms with van der Waals surface area (Å²) in [4.78, 5) is 18.4. The van der Waals surface area contributed by atoms with Crippen molar-refractivity contribution in [1.29, 1.82) is 0 Å². The molecular weight excluding hydrogens is 348 g/mol. The van der Waals surface area contributed by atoms with Crippen molar-refractivity contribution in [3.63, 3.8) is 0 Å². The molecule has 0 aliphatic carbocycles. The number of amidine groups is 1.